The van der Waals surface area contributed by atoms with Crippen molar-refractivity contribution in [3.63, 3.8) is 0 Å². The Bertz CT molecular complexity index is 503. The Morgan fingerprint density at radius 1 is 1.21 bits per heavy atom. The van der Waals surface area contributed by atoms with Crippen LogP contribution in [0.15, 0.2) is 48.8 Å². The number of ether oxygens (including phenoxy) is 2. The summed E-state index contributed by atoms with van der Waals surface area (Å²) in [6.45, 7) is 1.05. The maximum atomic E-state index is 5.79. The Morgan fingerprint density at radius 2 is 2.05 bits per heavy atom. The molecule has 19 heavy (non-hydrogen) atoms. The van der Waals surface area contributed by atoms with Crippen molar-refractivity contribution in [2.75, 3.05) is 20.3 Å². The molecule has 100 valence electrons. The van der Waals surface area contributed by atoms with Gasteiger partial charge in [-0.05, 0) is 23.8 Å². The maximum Gasteiger partial charge on any atom is 0.123 e. The van der Waals surface area contributed by atoms with Gasteiger partial charge in [0, 0.05) is 30.9 Å². The highest BCUT2D eigenvalue weighted by Crippen LogP contribution is 2.21. The molecule has 0 saturated heterocycles. The summed E-state index contributed by atoms with van der Waals surface area (Å²) in [5.74, 6) is 1.70. The molecular weight excluding hydrogens is 240 g/mol. The van der Waals surface area contributed by atoms with Crippen molar-refractivity contribution in [3.8, 4) is 11.5 Å². The highest BCUT2D eigenvalue weighted by molar-refractivity contribution is 5.33. The zero-order chi connectivity index (χ0) is 13.5. The SMILES string of the molecule is COc1cccc(OCC(CN)c2cccnc2)c1. The van der Waals surface area contributed by atoms with Crippen LogP contribution in [-0.2, 0) is 0 Å². The monoisotopic (exact) mass is 258 g/mol. The number of hydrogen-bond donors (Lipinski definition) is 1. The average molecular weight is 258 g/mol. The fourth-order valence-electron chi connectivity index (χ4n) is 1.81. The largest absolute Gasteiger partial charge is 0.497 e. The third kappa shape index (κ3) is 3.69. The number of benzene rings is 1. The van der Waals surface area contributed by atoms with Crippen molar-refractivity contribution in [2.45, 2.75) is 5.92 Å². The number of methoxy groups -OCH3 is 1. The van der Waals surface area contributed by atoms with Gasteiger partial charge >= 0.3 is 0 Å². The second kappa shape index (κ2) is 6.75. The minimum atomic E-state index is 0.139. The smallest absolute Gasteiger partial charge is 0.123 e. The van der Waals surface area contributed by atoms with E-state index in [1.54, 1.807) is 13.3 Å². The van der Waals surface area contributed by atoms with Crippen LogP contribution in [0.1, 0.15) is 11.5 Å². The maximum absolute atomic E-state index is 5.79. The molecule has 1 heterocycles. The van der Waals surface area contributed by atoms with Crippen LogP contribution in [0, 0.1) is 0 Å². The van der Waals surface area contributed by atoms with Gasteiger partial charge in [0.25, 0.3) is 0 Å². The van der Waals surface area contributed by atoms with Crippen LogP contribution < -0.4 is 15.2 Å². The van der Waals surface area contributed by atoms with Crippen LogP contribution in [0.3, 0.4) is 0 Å². The Balaban J connectivity index is 2.00. The van der Waals surface area contributed by atoms with E-state index in [0.717, 1.165) is 17.1 Å². The molecule has 2 N–H and O–H groups in total. The van der Waals surface area contributed by atoms with Gasteiger partial charge in [0.2, 0.25) is 0 Å². The number of nitrogens with zero attached hydrogens (tertiary/aromatic N) is 1. The zero-order valence-electron chi connectivity index (χ0n) is 11.0. The van der Waals surface area contributed by atoms with Crippen LogP contribution in [0.25, 0.3) is 0 Å². The van der Waals surface area contributed by atoms with Crippen LogP contribution in [0.2, 0.25) is 0 Å². The molecule has 1 unspecified atom stereocenters. The molecule has 4 nitrogen and oxygen atoms in total. The van der Waals surface area contributed by atoms with Crippen molar-refractivity contribution in [1.29, 1.82) is 0 Å². The van der Waals surface area contributed by atoms with Gasteiger partial charge in [-0.2, -0.15) is 0 Å². The van der Waals surface area contributed by atoms with E-state index in [-0.39, 0.29) is 5.92 Å². The third-order valence-electron chi connectivity index (χ3n) is 2.93. The molecule has 0 bridgehead atoms. The van der Waals surface area contributed by atoms with E-state index in [1.807, 2.05) is 42.6 Å². The lowest BCUT2D eigenvalue weighted by Crippen LogP contribution is -2.19. The van der Waals surface area contributed by atoms with E-state index in [2.05, 4.69) is 4.98 Å². The molecule has 0 aliphatic rings. The minimum Gasteiger partial charge on any atom is -0.497 e. The van der Waals surface area contributed by atoms with Gasteiger partial charge in [-0.25, -0.2) is 0 Å². The first-order valence-electron chi connectivity index (χ1n) is 6.20. The van der Waals surface area contributed by atoms with Gasteiger partial charge in [0.05, 0.1) is 13.7 Å². The van der Waals surface area contributed by atoms with E-state index in [0.29, 0.717) is 13.2 Å². The van der Waals surface area contributed by atoms with Crippen LogP contribution in [0.5, 0.6) is 11.5 Å². The van der Waals surface area contributed by atoms with Crippen molar-refractivity contribution >= 4 is 0 Å². The van der Waals surface area contributed by atoms with Gasteiger partial charge < -0.3 is 15.2 Å². The first-order valence-corrected chi connectivity index (χ1v) is 6.20. The molecule has 0 amide bonds. The van der Waals surface area contributed by atoms with E-state index < -0.39 is 0 Å². The third-order valence-corrected chi connectivity index (χ3v) is 2.93. The van der Waals surface area contributed by atoms with E-state index in [9.17, 15) is 0 Å². The van der Waals surface area contributed by atoms with Crippen LogP contribution >= 0.6 is 0 Å². The summed E-state index contributed by atoms with van der Waals surface area (Å²) in [6, 6.07) is 11.5. The molecular formula is C15H18N2O2. The highest BCUT2D eigenvalue weighted by Gasteiger charge is 2.10. The van der Waals surface area contributed by atoms with Gasteiger partial charge in [0.1, 0.15) is 11.5 Å². The first-order chi connectivity index (χ1) is 9.33. The molecule has 0 saturated carbocycles. The predicted molar refractivity (Wildman–Crippen MR) is 74.5 cm³/mol. The molecule has 0 fully saturated rings. The molecule has 2 rings (SSSR count). The Morgan fingerprint density at radius 3 is 2.74 bits per heavy atom. The van der Waals surface area contributed by atoms with Gasteiger partial charge in [-0.1, -0.05) is 12.1 Å². The summed E-state index contributed by atoms with van der Waals surface area (Å²) in [5, 5.41) is 0. The van der Waals surface area contributed by atoms with Gasteiger partial charge in [-0.15, -0.1) is 0 Å². The summed E-state index contributed by atoms with van der Waals surface area (Å²) >= 11 is 0. The lowest BCUT2D eigenvalue weighted by atomic mass is 10.0. The summed E-state index contributed by atoms with van der Waals surface area (Å²) in [4.78, 5) is 4.10. The topological polar surface area (TPSA) is 57.4 Å². The van der Waals surface area contributed by atoms with Gasteiger partial charge in [-0.3, -0.25) is 4.98 Å². The lowest BCUT2D eigenvalue weighted by Gasteiger charge is -2.16. The van der Waals surface area contributed by atoms with Crippen molar-refractivity contribution < 1.29 is 9.47 Å². The molecule has 4 heteroatoms. The predicted octanol–water partition coefficient (Wildman–Crippen LogP) is 2.21. The fourth-order valence-corrected chi connectivity index (χ4v) is 1.81. The first kappa shape index (κ1) is 13.4. The molecule has 1 atom stereocenters. The van der Waals surface area contributed by atoms with Crippen molar-refractivity contribution in [2.24, 2.45) is 5.73 Å². The van der Waals surface area contributed by atoms with Crippen molar-refractivity contribution in [1.82, 2.24) is 4.98 Å². The fraction of sp³-hybridized carbons (Fsp3) is 0.267. The summed E-state index contributed by atoms with van der Waals surface area (Å²) in [7, 11) is 1.64. The average Bonchev–Trinajstić information content (AvgIpc) is 2.49. The number of rotatable bonds is 6. The Hall–Kier alpha value is -2.07. The summed E-state index contributed by atoms with van der Waals surface area (Å²) < 4.78 is 10.9. The molecule has 1 aromatic heterocycles. The zero-order valence-corrected chi connectivity index (χ0v) is 11.0. The Kier molecular flexibility index (Phi) is 4.75. The van der Waals surface area contributed by atoms with E-state index in [4.69, 9.17) is 15.2 Å². The number of aromatic nitrogens is 1. The number of pyridine rings is 1. The minimum absolute atomic E-state index is 0.139. The van der Waals surface area contributed by atoms with E-state index in [1.165, 1.54) is 0 Å². The number of hydrogen-bond acceptors (Lipinski definition) is 4. The molecule has 0 radical (unpaired) electrons. The number of nitrogens with two attached hydrogens (primary N) is 1. The molecule has 2 aromatic rings. The quantitative estimate of drug-likeness (QED) is 0.863. The second-order valence-corrected chi connectivity index (χ2v) is 4.21. The molecule has 0 aliphatic heterocycles. The second-order valence-electron chi connectivity index (χ2n) is 4.21. The standard InChI is InChI=1S/C15H18N2O2/c1-18-14-5-2-6-15(8-14)19-11-13(9-16)12-4-3-7-17-10-12/h2-8,10,13H,9,11,16H2,1H3. The Labute approximate surface area is 113 Å². The molecule has 0 aliphatic carbocycles. The lowest BCUT2D eigenvalue weighted by molar-refractivity contribution is 0.288. The summed E-state index contributed by atoms with van der Waals surface area (Å²) in [5.41, 5.74) is 6.88. The summed E-state index contributed by atoms with van der Waals surface area (Å²) in [6.07, 6.45) is 3.58. The normalized spacial score (nSPS) is 11.9. The van der Waals surface area contributed by atoms with E-state index >= 15 is 0 Å². The van der Waals surface area contributed by atoms with Crippen LogP contribution in [-0.4, -0.2) is 25.2 Å². The van der Waals surface area contributed by atoms with Crippen LogP contribution in [0.4, 0.5) is 0 Å². The van der Waals surface area contributed by atoms with Gasteiger partial charge in [0.15, 0.2) is 0 Å². The molecule has 1 aromatic carbocycles. The highest BCUT2D eigenvalue weighted by atomic mass is 16.5. The molecule has 0 spiro atoms. The van der Waals surface area contributed by atoms with Crippen molar-refractivity contribution in [3.05, 3.63) is 54.4 Å².